The van der Waals surface area contributed by atoms with Crippen molar-refractivity contribution in [3.05, 3.63) is 34.9 Å². The molecule has 0 aromatic heterocycles. The molecule has 0 bridgehead atoms. The molecule has 0 heterocycles. The topological polar surface area (TPSA) is 350 Å². The molecule has 6 unspecified atom stereocenters. The fourth-order valence-electron chi connectivity index (χ4n) is 13.4. The third kappa shape index (κ3) is 54.8. The predicted octanol–water partition coefficient (Wildman–Crippen LogP) is 13.1. The van der Waals surface area contributed by atoms with Gasteiger partial charge in [-0.15, -0.1) is 0 Å². The molecule has 0 radical (unpaired) electrons. The van der Waals surface area contributed by atoms with E-state index >= 15 is 0 Å². The van der Waals surface area contributed by atoms with Gasteiger partial charge in [-0.1, -0.05) is 191 Å². The highest BCUT2D eigenvalue weighted by Crippen LogP contribution is 2.37. The number of aliphatic carboxylic acids is 3. The molecule has 17 N–H and O–H groups in total. The van der Waals surface area contributed by atoms with Crippen LogP contribution in [0.25, 0.3) is 0 Å². The molecule has 0 fully saturated rings. The van der Waals surface area contributed by atoms with Crippen molar-refractivity contribution < 1.29 is 49.6 Å². The Balaban J connectivity index is 0. The first-order valence-electron chi connectivity index (χ1n) is 38.7. The molecule has 96 heavy (non-hydrogen) atoms. The molecule has 6 atom stereocenters. The van der Waals surface area contributed by atoms with E-state index in [0.29, 0.717) is 82.2 Å². The lowest BCUT2D eigenvalue weighted by Gasteiger charge is -2.27. The lowest BCUT2D eigenvalue weighted by Crippen LogP contribution is -2.38. The molecule has 19 heteroatoms. The molecule has 0 aliphatic heterocycles. The second-order valence-corrected chi connectivity index (χ2v) is 27.7. The van der Waals surface area contributed by atoms with Gasteiger partial charge in [0.05, 0.1) is 11.8 Å². The summed E-state index contributed by atoms with van der Waals surface area (Å²) in [7, 11) is 1.93. The number of ketones is 1. The van der Waals surface area contributed by atoms with Crippen LogP contribution >= 0.6 is 0 Å². The molecule has 3 rings (SSSR count). The maximum atomic E-state index is 12.2. The standard InChI is InChI=1S/C26H49N3O3.C26H49N3O2.C21H36O4.C4H13N3.H2O/c1-3-4-5-9-12-22-19-23(21-24(20-22)26(31)32)13-10-7-6-8-11-14-25(30)29-18-17-28-16-15-27-2;1-3-4-5-9-12-23-19-24(21-25(20-23)22(2)30)13-10-7-6-8-11-14-26(31)29(17-15-27)18-16-28;1-2-3-4-8-11-17-14-18(16-19(15-17)21(24)25)12-9-6-5-7-10-13-20(22)23;5-1-3-7-4-2-6;/h19,22,24,27-28H,3-18,20-21H2,1-2H3,(H,29,30)(H,31,32);19,23,25H,3-18,20-21,27-28H2,1-2H3;14,17,19H,2-13,15-16H2,1H3,(H,22,23)(H,24,25);7H,1-6H2;1H2. The molecule has 0 aromatic rings. The average Bonchev–Trinajstić information content (AvgIpc) is 0.913. The van der Waals surface area contributed by atoms with E-state index < -0.39 is 17.9 Å². The van der Waals surface area contributed by atoms with E-state index in [1.807, 2.05) is 7.05 Å². The minimum absolute atomic E-state index is 0. The summed E-state index contributed by atoms with van der Waals surface area (Å²) in [4.78, 5) is 71.4. The smallest absolute Gasteiger partial charge is 0.306 e. The third-order valence-electron chi connectivity index (χ3n) is 18.9. The van der Waals surface area contributed by atoms with Gasteiger partial charge in [-0.2, -0.15) is 0 Å². The Labute approximate surface area is 585 Å². The van der Waals surface area contributed by atoms with Gasteiger partial charge in [-0.3, -0.25) is 28.8 Å². The van der Waals surface area contributed by atoms with Gasteiger partial charge in [0.15, 0.2) is 0 Å². The molecule has 2 amide bonds. The highest BCUT2D eigenvalue weighted by molar-refractivity contribution is 5.79. The Morgan fingerprint density at radius 3 is 1.17 bits per heavy atom. The molecule has 0 saturated heterocycles. The number of unbranched alkanes of at least 4 members (excludes halogenated alkanes) is 21. The van der Waals surface area contributed by atoms with E-state index in [0.717, 1.165) is 180 Å². The first-order valence-corrected chi connectivity index (χ1v) is 38.7. The van der Waals surface area contributed by atoms with E-state index in [1.165, 1.54) is 119 Å². The Bertz CT molecular complexity index is 2010. The number of hydrogen-bond donors (Lipinski definition) is 11. The van der Waals surface area contributed by atoms with Crippen LogP contribution in [-0.4, -0.2) is 147 Å². The van der Waals surface area contributed by atoms with Gasteiger partial charge in [0.2, 0.25) is 11.8 Å². The lowest BCUT2D eigenvalue weighted by atomic mass is 9.77. The van der Waals surface area contributed by atoms with Crippen molar-refractivity contribution in [2.75, 3.05) is 85.6 Å². The second-order valence-electron chi connectivity index (χ2n) is 27.7. The van der Waals surface area contributed by atoms with E-state index in [1.54, 1.807) is 11.8 Å². The number of likely N-dealkylation sites (N-methyl/N-ethyl adjacent to an activating group) is 1. The normalized spacial score (nSPS) is 18.1. The quantitative estimate of drug-likeness (QED) is 0.0199. The zero-order valence-electron chi connectivity index (χ0n) is 61.9. The molecular weight excluding hydrogens is 1210 g/mol. The summed E-state index contributed by atoms with van der Waals surface area (Å²) in [6.07, 6.45) is 51.8. The number of allylic oxidation sites excluding steroid dienone is 6. The number of rotatable bonds is 56. The summed E-state index contributed by atoms with van der Waals surface area (Å²) in [6.45, 7) is 17.1. The molecule has 3 aliphatic rings. The van der Waals surface area contributed by atoms with E-state index in [2.05, 4.69) is 60.3 Å². The van der Waals surface area contributed by atoms with Crippen LogP contribution in [0.5, 0.6) is 0 Å². The van der Waals surface area contributed by atoms with Crippen LogP contribution in [0.2, 0.25) is 0 Å². The number of nitrogens with zero attached hydrogens (tertiary/aromatic N) is 1. The predicted molar refractivity (Wildman–Crippen MR) is 399 cm³/mol. The molecular formula is C77H149N9O10. The van der Waals surface area contributed by atoms with Crippen molar-refractivity contribution in [3.8, 4) is 0 Å². The van der Waals surface area contributed by atoms with Crippen LogP contribution in [0.15, 0.2) is 34.9 Å². The average molecular weight is 1360 g/mol. The van der Waals surface area contributed by atoms with Crippen molar-refractivity contribution in [2.45, 2.75) is 297 Å². The number of nitrogens with two attached hydrogens (primary N) is 4. The van der Waals surface area contributed by atoms with Crippen molar-refractivity contribution in [1.29, 1.82) is 0 Å². The summed E-state index contributed by atoms with van der Waals surface area (Å²) in [5.41, 5.74) is 25.7. The molecule has 3 aliphatic carbocycles. The van der Waals surface area contributed by atoms with Crippen LogP contribution < -0.4 is 44.2 Å². The highest BCUT2D eigenvalue weighted by Gasteiger charge is 2.29. The molecule has 562 valence electrons. The first kappa shape index (κ1) is 94.0. The number of nitrogens with one attached hydrogen (secondary N) is 4. The van der Waals surface area contributed by atoms with Crippen molar-refractivity contribution in [3.63, 3.8) is 0 Å². The van der Waals surface area contributed by atoms with Gasteiger partial charge in [-0.05, 0) is 147 Å². The van der Waals surface area contributed by atoms with Gasteiger partial charge >= 0.3 is 17.9 Å². The van der Waals surface area contributed by atoms with E-state index in [-0.39, 0.29) is 41.5 Å². The Hall–Kier alpha value is -4.08. The van der Waals surface area contributed by atoms with Gasteiger partial charge in [0.25, 0.3) is 0 Å². The highest BCUT2D eigenvalue weighted by atomic mass is 16.4. The van der Waals surface area contributed by atoms with Crippen LogP contribution in [0.4, 0.5) is 0 Å². The molecule has 0 aromatic carbocycles. The minimum atomic E-state index is -0.711. The van der Waals surface area contributed by atoms with Gasteiger partial charge in [0, 0.05) is 104 Å². The summed E-state index contributed by atoms with van der Waals surface area (Å²) in [5, 5.41) is 39.9. The monoisotopic (exact) mass is 1360 g/mol. The van der Waals surface area contributed by atoms with Gasteiger partial charge < -0.3 is 69.9 Å². The van der Waals surface area contributed by atoms with Crippen molar-refractivity contribution in [1.82, 2.24) is 26.2 Å². The summed E-state index contributed by atoms with van der Waals surface area (Å²) in [6, 6.07) is 0. The number of carbonyl (C=O) groups excluding carboxylic acids is 3. The maximum absolute atomic E-state index is 12.2. The third-order valence-corrected chi connectivity index (χ3v) is 18.9. The zero-order valence-corrected chi connectivity index (χ0v) is 61.9. The van der Waals surface area contributed by atoms with Gasteiger partial charge in [-0.25, -0.2) is 0 Å². The Kier molecular flexibility index (Phi) is 65.4. The fourth-order valence-corrected chi connectivity index (χ4v) is 13.4. The number of Topliss-reactive ketones (excluding diaryl/α,β-unsaturated/α-hetero) is 1. The Morgan fingerprint density at radius 1 is 0.438 bits per heavy atom. The number of hydrogen-bond acceptors (Lipinski definition) is 13. The summed E-state index contributed by atoms with van der Waals surface area (Å²) >= 11 is 0. The van der Waals surface area contributed by atoms with E-state index in [9.17, 15) is 39.0 Å². The first-order chi connectivity index (χ1) is 46.0. The zero-order chi connectivity index (χ0) is 70.4. The van der Waals surface area contributed by atoms with Crippen LogP contribution in [0.1, 0.15) is 297 Å². The van der Waals surface area contributed by atoms with Crippen molar-refractivity contribution >= 4 is 35.5 Å². The van der Waals surface area contributed by atoms with Crippen LogP contribution in [0.3, 0.4) is 0 Å². The van der Waals surface area contributed by atoms with Gasteiger partial charge in [0.1, 0.15) is 5.78 Å². The van der Waals surface area contributed by atoms with Crippen LogP contribution in [0, 0.1) is 35.5 Å². The summed E-state index contributed by atoms with van der Waals surface area (Å²) < 4.78 is 0. The minimum Gasteiger partial charge on any atom is -0.481 e. The number of carboxylic acids is 3. The lowest BCUT2D eigenvalue weighted by molar-refractivity contribution is -0.143. The van der Waals surface area contributed by atoms with Crippen molar-refractivity contribution in [2.24, 2.45) is 58.4 Å². The largest absolute Gasteiger partial charge is 0.481 e. The number of carboxylic acid groups (broad SMARTS) is 3. The molecule has 19 nitrogen and oxygen atoms in total. The van der Waals surface area contributed by atoms with Crippen LogP contribution in [-0.2, 0) is 28.8 Å². The maximum Gasteiger partial charge on any atom is 0.306 e. The SMILES string of the molecule is CCCCCCC1C=C(CCCCCCCC(=O)N(CCN)CCN)CC(C(C)=O)C1.CCCCCCC1C=C(CCCCCCCC(=O)NCCNCCNC)CC(C(=O)O)C1.CCCCCCC1C=C(CCCCCCCC(=O)O)CC(C(=O)O)C1.NCCNCCN.O. The second kappa shape index (κ2) is 66.8. The Morgan fingerprint density at radius 2 is 0.792 bits per heavy atom. The number of carbonyl (C=O) groups is 6. The molecule has 0 spiro atoms. The molecule has 0 saturated carbocycles. The van der Waals surface area contributed by atoms with E-state index in [4.69, 9.17) is 28.0 Å². The number of amides is 2. The summed E-state index contributed by atoms with van der Waals surface area (Å²) in [5.74, 6) is 0.0720. The fraction of sp³-hybridized carbons (Fsp3) is 0.844.